The fourth-order valence-electron chi connectivity index (χ4n) is 3.49. The van der Waals surface area contributed by atoms with Crippen molar-refractivity contribution in [1.82, 2.24) is 15.5 Å². The summed E-state index contributed by atoms with van der Waals surface area (Å²) in [6.45, 7) is 4.79. The Labute approximate surface area is 137 Å². The molecule has 0 unspecified atom stereocenters. The number of aromatic nitrogens is 2. The Morgan fingerprint density at radius 1 is 1.30 bits per heavy atom. The van der Waals surface area contributed by atoms with Crippen molar-refractivity contribution in [2.45, 2.75) is 51.0 Å². The van der Waals surface area contributed by atoms with Crippen molar-refractivity contribution < 1.29 is 9.15 Å². The fraction of sp³-hybridized carbons (Fsp3) is 0.556. The molecule has 23 heavy (non-hydrogen) atoms. The lowest BCUT2D eigenvalue weighted by Gasteiger charge is -2.31. The van der Waals surface area contributed by atoms with E-state index in [2.05, 4.69) is 40.6 Å². The van der Waals surface area contributed by atoms with Crippen LogP contribution in [0.1, 0.15) is 56.0 Å². The largest absolute Gasteiger partial charge is 0.497 e. The standard InChI is InChI=1S/C18H25N3O2/c1-13(17-21-20-14(2)23-17)19-12-18(9-4-5-10-18)15-7-6-8-16(11-15)22-3/h6-8,11,13,19H,4-5,9-10,12H2,1-3H3/t13-/m0/s1. The molecule has 5 heteroatoms. The summed E-state index contributed by atoms with van der Waals surface area (Å²) >= 11 is 0. The van der Waals surface area contributed by atoms with Crippen molar-refractivity contribution in [2.24, 2.45) is 0 Å². The van der Waals surface area contributed by atoms with Gasteiger partial charge in [-0.05, 0) is 37.5 Å². The molecule has 1 N–H and O–H groups in total. The lowest BCUT2D eigenvalue weighted by atomic mass is 9.78. The van der Waals surface area contributed by atoms with Crippen molar-refractivity contribution in [3.63, 3.8) is 0 Å². The van der Waals surface area contributed by atoms with E-state index in [-0.39, 0.29) is 11.5 Å². The zero-order chi connectivity index (χ0) is 16.3. The molecule has 5 nitrogen and oxygen atoms in total. The maximum atomic E-state index is 5.53. The quantitative estimate of drug-likeness (QED) is 0.883. The summed E-state index contributed by atoms with van der Waals surface area (Å²) in [6, 6.07) is 8.54. The van der Waals surface area contributed by atoms with Gasteiger partial charge in [-0.1, -0.05) is 25.0 Å². The number of methoxy groups -OCH3 is 1. The molecule has 0 radical (unpaired) electrons. The van der Waals surface area contributed by atoms with Gasteiger partial charge < -0.3 is 14.5 Å². The van der Waals surface area contributed by atoms with Crippen LogP contribution < -0.4 is 10.1 Å². The molecule has 0 amide bonds. The third-order valence-corrected chi connectivity index (χ3v) is 4.90. The van der Waals surface area contributed by atoms with Gasteiger partial charge in [-0.25, -0.2) is 0 Å². The molecule has 124 valence electrons. The van der Waals surface area contributed by atoms with E-state index in [0.29, 0.717) is 11.8 Å². The van der Waals surface area contributed by atoms with E-state index in [0.717, 1.165) is 12.3 Å². The zero-order valence-electron chi connectivity index (χ0n) is 14.1. The number of rotatable bonds is 6. The molecule has 2 aromatic rings. The summed E-state index contributed by atoms with van der Waals surface area (Å²) in [6.07, 6.45) is 4.94. The number of nitrogens with one attached hydrogen (secondary N) is 1. The molecule has 0 bridgehead atoms. The SMILES string of the molecule is COc1cccc(C2(CN[C@@H](C)c3nnc(C)o3)CCCC2)c1. The molecular formula is C18H25N3O2. The van der Waals surface area contributed by atoms with E-state index in [9.17, 15) is 0 Å². The van der Waals surface area contributed by atoms with E-state index >= 15 is 0 Å². The summed E-state index contributed by atoms with van der Waals surface area (Å²) in [4.78, 5) is 0. The average molecular weight is 315 g/mol. The Balaban J connectivity index is 1.75. The number of hydrogen-bond acceptors (Lipinski definition) is 5. The van der Waals surface area contributed by atoms with Crippen LogP contribution in [0.2, 0.25) is 0 Å². The Kier molecular flexibility index (Phi) is 4.66. The molecular weight excluding hydrogens is 290 g/mol. The van der Waals surface area contributed by atoms with Crippen molar-refractivity contribution >= 4 is 0 Å². The van der Waals surface area contributed by atoms with E-state index in [1.54, 1.807) is 7.11 Å². The van der Waals surface area contributed by atoms with Crippen LogP contribution in [0.5, 0.6) is 5.75 Å². The second kappa shape index (κ2) is 6.71. The molecule has 0 aliphatic heterocycles. The lowest BCUT2D eigenvalue weighted by molar-refractivity contribution is 0.344. The van der Waals surface area contributed by atoms with Gasteiger partial charge in [0, 0.05) is 18.9 Å². The van der Waals surface area contributed by atoms with Gasteiger partial charge in [0.2, 0.25) is 11.8 Å². The Hall–Kier alpha value is -1.88. The predicted molar refractivity (Wildman–Crippen MR) is 88.6 cm³/mol. The predicted octanol–water partition coefficient (Wildman–Crippen LogP) is 3.55. The topological polar surface area (TPSA) is 60.2 Å². The highest BCUT2D eigenvalue weighted by molar-refractivity contribution is 5.35. The van der Waals surface area contributed by atoms with Crippen LogP contribution in [0, 0.1) is 6.92 Å². The summed E-state index contributed by atoms with van der Waals surface area (Å²) in [5.74, 6) is 2.19. The Morgan fingerprint density at radius 3 is 2.74 bits per heavy atom. The highest BCUT2D eigenvalue weighted by atomic mass is 16.5. The number of aryl methyl sites for hydroxylation is 1. The zero-order valence-corrected chi connectivity index (χ0v) is 14.1. The van der Waals surface area contributed by atoms with Gasteiger partial charge in [-0.2, -0.15) is 0 Å². The monoisotopic (exact) mass is 315 g/mol. The molecule has 0 saturated heterocycles. The Bertz CT molecular complexity index is 647. The first-order chi connectivity index (χ1) is 11.1. The van der Waals surface area contributed by atoms with Crippen LogP contribution in [0.3, 0.4) is 0 Å². The van der Waals surface area contributed by atoms with E-state index in [1.807, 2.05) is 13.0 Å². The molecule has 1 aliphatic carbocycles. The van der Waals surface area contributed by atoms with Crippen LogP contribution in [0.4, 0.5) is 0 Å². The lowest BCUT2D eigenvalue weighted by Crippen LogP contribution is -2.37. The maximum absolute atomic E-state index is 5.53. The van der Waals surface area contributed by atoms with Crippen LogP contribution in [-0.2, 0) is 5.41 Å². The normalized spacial score (nSPS) is 18.0. The molecule has 1 heterocycles. The third kappa shape index (κ3) is 3.39. The average Bonchev–Trinajstić information content (AvgIpc) is 3.22. The van der Waals surface area contributed by atoms with Gasteiger partial charge in [-0.15, -0.1) is 10.2 Å². The Morgan fingerprint density at radius 2 is 2.09 bits per heavy atom. The minimum atomic E-state index is 0.0549. The first-order valence-corrected chi connectivity index (χ1v) is 8.31. The molecule has 1 fully saturated rings. The number of hydrogen-bond donors (Lipinski definition) is 1. The van der Waals surface area contributed by atoms with Gasteiger partial charge in [0.15, 0.2) is 0 Å². The fourth-order valence-corrected chi connectivity index (χ4v) is 3.49. The molecule has 1 aromatic carbocycles. The first kappa shape index (κ1) is 16.0. The van der Waals surface area contributed by atoms with Crippen molar-refractivity contribution in [2.75, 3.05) is 13.7 Å². The van der Waals surface area contributed by atoms with Crippen LogP contribution in [0.15, 0.2) is 28.7 Å². The first-order valence-electron chi connectivity index (χ1n) is 8.31. The summed E-state index contributed by atoms with van der Waals surface area (Å²) in [5, 5.41) is 11.6. The third-order valence-electron chi connectivity index (χ3n) is 4.90. The second-order valence-corrected chi connectivity index (χ2v) is 6.48. The van der Waals surface area contributed by atoms with Crippen LogP contribution in [0.25, 0.3) is 0 Å². The van der Waals surface area contributed by atoms with Crippen LogP contribution >= 0.6 is 0 Å². The van der Waals surface area contributed by atoms with E-state index < -0.39 is 0 Å². The highest BCUT2D eigenvalue weighted by Crippen LogP contribution is 2.41. The highest BCUT2D eigenvalue weighted by Gasteiger charge is 2.36. The molecule has 1 atom stereocenters. The second-order valence-electron chi connectivity index (χ2n) is 6.48. The molecule has 1 aromatic heterocycles. The van der Waals surface area contributed by atoms with Gasteiger partial charge in [0.25, 0.3) is 0 Å². The van der Waals surface area contributed by atoms with Gasteiger partial charge >= 0.3 is 0 Å². The van der Waals surface area contributed by atoms with Gasteiger partial charge in [0.05, 0.1) is 13.2 Å². The van der Waals surface area contributed by atoms with Gasteiger partial charge in [-0.3, -0.25) is 0 Å². The van der Waals surface area contributed by atoms with Crippen molar-refractivity contribution in [3.05, 3.63) is 41.6 Å². The number of nitrogens with zero attached hydrogens (tertiary/aromatic N) is 2. The number of ether oxygens (including phenoxy) is 1. The van der Waals surface area contributed by atoms with E-state index in [4.69, 9.17) is 9.15 Å². The molecule has 1 saturated carbocycles. The molecule has 1 aliphatic rings. The minimum Gasteiger partial charge on any atom is -0.497 e. The minimum absolute atomic E-state index is 0.0549. The summed E-state index contributed by atoms with van der Waals surface area (Å²) in [7, 11) is 1.72. The van der Waals surface area contributed by atoms with Crippen LogP contribution in [-0.4, -0.2) is 23.9 Å². The molecule has 3 rings (SSSR count). The summed E-state index contributed by atoms with van der Waals surface area (Å²) < 4.78 is 10.9. The smallest absolute Gasteiger partial charge is 0.233 e. The van der Waals surface area contributed by atoms with E-state index in [1.165, 1.54) is 31.2 Å². The number of benzene rings is 1. The van der Waals surface area contributed by atoms with Gasteiger partial charge in [0.1, 0.15) is 5.75 Å². The van der Waals surface area contributed by atoms with Crippen molar-refractivity contribution in [1.29, 1.82) is 0 Å². The summed E-state index contributed by atoms with van der Waals surface area (Å²) in [5.41, 5.74) is 1.52. The molecule has 0 spiro atoms. The maximum Gasteiger partial charge on any atom is 0.233 e. The van der Waals surface area contributed by atoms with Crippen molar-refractivity contribution in [3.8, 4) is 5.75 Å².